The fraction of sp³-hybridized carbons (Fsp3) is 0.462. The van der Waals surface area contributed by atoms with Crippen LogP contribution in [-0.4, -0.2) is 58.9 Å². The molecule has 8 heteroatoms. The third-order valence-electron chi connectivity index (χ3n) is 7.32. The van der Waals surface area contributed by atoms with Crippen molar-refractivity contribution in [3.05, 3.63) is 58.2 Å². The van der Waals surface area contributed by atoms with E-state index in [0.29, 0.717) is 10.0 Å². The van der Waals surface area contributed by atoms with Gasteiger partial charge in [-0.2, -0.15) is 5.10 Å². The highest BCUT2D eigenvalue weighted by Crippen LogP contribution is 2.32. The van der Waals surface area contributed by atoms with E-state index in [4.69, 9.17) is 23.2 Å². The molecule has 6 nitrogen and oxygen atoms in total. The van der Waals surface area contributed by atoms with Gasteiger partial charge in [0.15, 0.2) is 0 Å². The number of amides is 1. The van der Waals surface area contributed by atoms with Crippen molar-refractivity contribution in [1.29, 1.82) is 0 Å². The molecule has 0 bridgehead atoms. The fourth-order valence-electron chi connectivity index (χ4n) is 5.33. The fourth-order valence-corrected chi connectivity index (χ4v) is 5.89. The van der Waals surface area contributed by atoms with Crippen LogP contribution in [0.1, 0.15) is 44.7 Å². The molecule has 1 N–H and O–H groups in total. The molecule has 3 heterocycles. The van der Waals surface area contributed by atoms with E-state index in [-0.39, 0.29) is 24.0 Å². The summed E-state index contributed by atoms with van der Waals surface area (Å²) in [7, 11) is 0. The number of aromatic nitrogens is 2. The number of fused-ring (bicyclic) bond motifs is 1. The zero-order valence-electron chi connectivity index (χ0n) is 19.7. The summed E-state index contributed by atoms with van der Waals surface area (Å²) in [6, 6.07) is 12.3. The van der Waals surface area contributed by atoms with E-state index < -0.39 is 0 Å². The van der Waals surface area contributed by atoms with Gasteiger partial charge in [-0.25, -0.2) is 0 Å². The van der Waals surface area contributed by atoms with Gasteiger partial charge in [0.05, 0.1) is 23.8 Å². The molecule has 180 valence electrons. The second kappa shape index (κ2) is 9.76. The molecular formula is C26H31Cl2N5O. The van der Waals surface area contributed by atoms with Gasteiger partial charge >= 0.3 is 0 Å². The SMILES string of the molecule is CC[C@@H]1CN(c2ccc3cnn(C(C)c4ccc(Cl)cc4Cl)c3c2)CCN1C(=O)[C@H]1CCCN1. The molecule has 0 aliphatic carbocycles. The van der Waals surface area contributed by atoms with Crippen LogP contribution in [0, 0.1) is 0 Å². The molecular weight excluding hydrogens is 469 g/mol. The average molecular weight is 500 g/mol. The maximum atomic E-state index is 13.1. The summed E-state index contributed by atoms with van der Waals surface area (Å²) in [4.78, 5) is 17.6. The third kappa shape index (κ3) is 4.39. The Morgan fingerprint density at radius 1 is 1.21 bits per heavy atom. The van der Waals surface area contributed by atoms with Crippen LogP contribution in [0.25, 0.3) is 10.9 Å². The molecule has 0 radical (unpaired) electrons. The Kier molecular flexibility index (Phi) is 6.74. The number of benzene rings is 2. The summed E-state index contributed by atoms with van der Waals surface area (Å²) in [5, 5.41) is 10.4. The number of anilines is 1. The Labute approximate surface area is 210 Å². The van der Waals surface area contributed by atoms with Gasteiger partial charge < -0.3 is 15.1 Å². The van der Waals surface area contributed by atoms with Crippen molar-refractivity contribution in [3.8, 4) is 0 Å². The number of hydrogen-bond acceptors (Lipinski definition) is 4. The first-order valence-electron chi connectivity index (χ1n) is 12.2. The van der Waals surface area contributed by atoms with E-state index in [9.17, 15) is 4.79 Å². The van der Waals surface area contributed by atoms with Crippen LogP contribution in [0.5, 0.6) is 0 Å². The van der Waals surface area contributed by atoms with Gasteiger partial charge in [0.25, 0.3) is 0 Å². The number of halogens is 2. The highest BCUT2D eigenvalue weighted by atomic mass is 35.5. The predicted octanol–water partition coefficient (Wildman–Crippen LogP) is 5.13. The van der Waals surface area contributed by atoms with Crippen molar-refractivity contribution in [3.63, 3.8) is 0 Å². The minimum atomic E-state index is -0.0331. The summed E-state index contributed by atoms with van der Waals surface area (Å²) in [6.07, 6.45) is 4.88. The second-order valence-corrected chi connectivity index (χ2v) is 10.2. The van der Waals surface area contributed by atoms with Crippen LogP contribution in [-0.2, 0) is 4.79 Å². The quantitative estimate of drug-likeness (QED) is 0.528. The summed E-state index contributed by atoms with van der Waals surface area (Å²) < 4.78 is 2.02. The molecule has 2 fully saturated rings. The topological polar surface area (TPSA) is 53.4 Å². The lowest BCUT2D eigenvalue weighted by Gasteiger charge is -2.43. The Balaban J connectivity index is 1.39. The maximum Gasteiger partial charge on any atom is 0.240 e. The molecule has 0 spiro atoms. The molecule has 5 rings (SSSR count). The number of carbonyl (C=O) groups excluding carboxylic acids is 1. The van der Waals surface area contributed by atoms with Crippen molar-refractivity contribution in [2.75, 3.05) is 31.1 Å². The lowest BCUT2D eigenvalue weighted by atomic mass is 10.1. The van der Waals surface area contributed by atoms with Gasteiger partial charge in [-0.3, -0.25) is 9.48 Å². The number of nitrogens with one attached hydrogen (secondary N) is 1. The Morgan fingerprint density at radius 2 is 2.06 bits per heavy atom. The highest BCUT2D eigenvalue weighted by Gasteiger charge is 2.34. The molecule has 2 aromatic carbocycles. The van der Waals surface area contributed by atoms with Gasteiger partial charge in [0, 0.05) is 46.8 Å². The minimum absolute atomic E-state index is 0.00696. The number of rotatable bonds is 5. The van der Waals surface area contributed by atoms with E-state index in [0.717, 1.165) is 67.6 Å². The molecule has 34 heavy (non-hydrogen) atoms. The predicted molar refractivity (Wildman–Crippen MR) is 139 cm³/mol. The molecule has 3 aromatic rings. The van der Waals surface area contributed by atoms with Crippen molar-refractivity contribution < 1.29 is 4.79 Å². The molecule has 1 unspecified atom stereocenters. The van der Waals surface area contributed by atoms with Gasteiger partial charge in [-0.1, -0.05) is 36.2 Å². The number of carbonyl (C=O) groups is 1. The largest absolute Gasteiger partial charge is 0.368 e. The van der Waals surface area contributed by atoms with Crippen LogP contribution in [0.3, 0.4) is 0 Å². The first kappa shape index (κ1) is 23.5. The zero-order chi connectivity index (χ0) is 23.8. The lowest BCUT2D eigenvalue weighted by molar-refractivity contribution is -0.136. The average Bonchev–Trinajstić information content (AvgIpc) is 3.53. The Hall–Kier alpha value is -2.28. The van der Waals surface area contributed by atoms with Crippen molar-refractivity contribution in [2.24, 2.45) is 0 Å². The number of piperazine rings is 1. The highest BCUT2D eigenvalue weighted by molar-refractivity contribution is 6.35. The standard InChI is InChI=1S/C26H31Cl2N5O/c1-3-20-16-31(11-12-32(20)26(34)24-5-4-10-29-24)21-8-6-18-15-30-33(25(18)14-21)17(2)22-9-7-19(27)13-23(22)28/h6-9,13-15,17,20,24,29H,3-5,10-12,16H2,1-2H3/t17?,20-,24-/m1/s1. The number of hydrogen-bond donors (Lipinski definition) is 1. The van der Waals surface area contributed by atoms with E-state index in [1.807, 2.05) is 23.0 Å². The molecule has 1 aromatic heterocycles. The number of nitrogens with zero attached hydrogens (tertiary/aromatic N) is 4. The van der Waals surface area contributed by atoms with Crippen molar-refractivity contribution in [2.45, 2.75) is 51.2 Å². The van der Waals surface area contributed by atoms with Crippen molar-refractivity contribution in [1.82, 2.24) is 20.0 Å². The second-order valence-electron chi connectivity index (χ2n) is 9.36. The lowest BCUT2D eigenvalue weighted by Crippen LogP contribution is -2.58. The van der Waals surface area contributed by atoms with Crippen LogP contribution < -0.4 is 10.2 Å². The molecule has 2 saturated heterocycles. The van der Waals surface area contributed by atoms with Crippen LogP contribution in [0.15, 0.2) is 42.6 Å². The Morgan fingerprint density at radius 3 is 2.79 bits per heavy atom. The summed E-state index contributed by atoms with van der Waals surface area (Å²) in [5.41, 5.74) is 3.21. The van der Waals surface area contributed by atoms with Gasteiger partial charge in [-0.05, 0) is 68.6 Å². The molecule has 1 amide bonds. The van der Waals surface area contributed by atoms with Gasteiger partial charge in [0.2, 0.25) is 5.91 Å². The van der Waals surface area contributed by atoms with E-state index >= 15 is 0 Å². The van der Waals surface area contributed by atoms with Crippen LogP contribution in [0.2, 0.25) is 10.0 Å². The summed E-state index contributed by atoms with van der Waals surface area (Å²) in [5.74, 6) is 0.270. The monoisotopic (exact) mass is 499 g/mol. The van der Waals surface area contributed by atoms with Crippen molar-refractivity contribution >= 4 is 45.7 Å². The third-order valence-corrected chi connectivity index (χ3v) is 7.88. The first-order chi connectivity index (χ1) is 16.5. The van der Waals surface area contributed by atoms with Crippen LogP contribution in [0.4, 0.5) is 5.69 Å². The van der Waals surface area contributed by atoms with Gasteiger partial charge in [0.1, 0.15) is 0 Å². The molecule has 0 saturated carbocycles. The summed E-state index contributed by atoms with van der Waals surface area (Å²) in [6.45, 7) is 7.64. The minimum Gasteiger partial charge on any atom is -0.368 e. The smallest absolute Gasteiger partial charge is 0.240 e. The van der Waals surface area contributed by atoms with E-state index in [1.165, 1.54) is 0 Å². The Bertz CT molecular complexity index is 1190. The van der Waals surface area contributed by atoms with Crippen LogP contribution >= 0.6 is 23.2 Å². The van der Waals surface area contributed by atoms with E-state index in [2.05, 4.69) is 52.3 Å². The van der Waals surface area contributed by atoms with Gasteiger partial charge in [-0.15, -0.1) is 0 Å². The summed E-state index contributed by atoms with van der Waals surface area (Å²) >= 11 is 12.6. The molecule has 2 aliphatic rings. The normalized spacial score (nSPS) is 21.9. The molecule has 3 atom stereocenters. The maximum absolute atomic E-state index is 13.1. The zero-order valence-corrected chi connectivity index (χ0v) is 21.2. The first-order valence-corrected chi connectivity index (χ1v) is 12.9. The molecule has 2 aliphatic heterocycles. The van der Waals surface area contributed by atoms with E-state index in [1.54, 1.807) is 6.07 Å².